The summed E-state index contributed by atoms with van der Waals surface area (Å²) in [6.45, 7) is 6.09. The van der Waals surface area contributed by atoms with Gasteiger partial charge in [-0.3, -0.25) is 9.36 Å². The molecule has 1 saturated carbocycles. The van der Waals surface area contributed by atoms with Crippen LogP contribution in [0.1, 0.15) is 152 Å². The van der Waals surface area contributed by atoms with E-state index in [4.69, 9.17) is 32.7 Å². The minimum atomic E-state index is -4.20. The van der Waals surface area contributed by atoms with Crippen LogP contribution < -0.4 is 29.2 Å². The summed E-state index contributed by atoms with van der Waals surface area (Å²) in [5.41, 5.74) is -2.91. The molecule has 3 aromatic rings. The molecule has 1 unspecified atom stereocenters. The van der Waals surface area contributed by atoms with Crippen molar-refractivity contribution in [2.75, 3.05) is 80.6 Å². The van der Waals surface area contributed by atoms with Gasteiger partial charge in [0.1, 0.15) is 48.9 Å². The van der Waals surface area contributed by atoms with Gasteiger partial charge in [-0.15, -0.1) is 0 Å². The number of quaternary nitrogens is 1. The van der Waals surface area contributed by atoms with Crippen molar-refractivity contribution in [1.29, 1.82) is 0 Å². The van der Waals surface area contributed by atoms with Crippen LogP contribution in [0.5, 0.6) is 23.0 Å². The number of unbranched alkanes of at least 4 members (excludes halogenated alkanes) is 16. The van der Waals surface area contributed by atoms with Crippen LogP contribution in [0.15, 0.2) is 66.7 Å². The number of aliphatic hydroxyl groups is 2. The smallest absolute Gasteiger partial charge is 0.407 e. The predicted molar refractivity (Wildman–Crippen MR) is 303 cm³/mol. The number of fused-ring (bicyclic) bond motifs is 3. The second kappa shape index (κ2) is 31.3. The topological polar surface area (TPSA) is 212 Å². The first-order valence-electron chi connectivity index (χ1n) is 27.8. The van der Waals surface area contributed by atoms with Crippen LogP contribution in [0.3, 0.4) is 0 Å². The van der Waals surface area contributed by atoms with Gasteiger partial charge < -0.3 is 62.7 Å². The summed E-state index contributed by atoms with van der Waals surface area (Å²) in [4.78, 5) is 37.4. The molecule has 6 atom stereocenters. The van der Waals surface area contributed by atoms with E-state index >= 15 is 0 Å². The van der Waals surface area contributed by atoms with E-state index < -0.39 is 49.0 Å². The normalized spacial score (nSPS) is 20.7. The molecule has 1 aliphatic heterocycles. The number of carbonyl (C=O) groups excluding carboxylic acids is 1. The Morgan fingerprint density at radius 2 is 1.34 bits per heavy atom. The largest absolute Gasteiger partial charge is 0.756 e. The lowest BCUT2D eigenvalue weighted by atomic mass is 9.70. The Bertz CT molecular complexity index is 2290. The maximum absolute atomic E-state index is 13.0. The first kappa shape index (κ1) is 64.1. The van der Waals surface area contributed by atoms with Gasteiger partial charge in [0.05, 0.1) is 64.8 Å². The van der Waals surface area contributed by atoms with Crippen LogP contribution in [-0.4, -0.2) is 123 Å². The van der Waals surface area contributed by atoms with Gasteiger partial charge in [0.25, 0.3) is 7.82 Å². The molecule has 4 N–H and O–H groups in total. The lowest BCUT2D eigenvalue weighted by Gasteiger charge is -2.40. The highest BCUT2D eigenvalue weighted by Crippen LogP contribution is 2.70. The fourth-order valence-electron chi connectivity index (χ4n) is 10.2. The number of hydrogen-bond acceptors (Lipinski definition) is 15. The van der Waals surface area contributed by atoms with Gasteiger partial charge in [-0.1, -0.05) is 154 Å². The van der Waals surface area contributed by atoms with Crippen molar-refractivity contribution in [3.63, 3.8) is 0 Å². The number of carbonyl (C=O) groups is 2. The zero-order valence-electron chi connectivity index (χ0n) is 46.8. The van der Waals surface area contributed by atoms with E-state index in [1.54, 1.807) is 71.5 Å². The Hall–Kier alpha value is -3.71. The Balaban J connectivity index is 0.893. The molecule has 1 aliphatic carbocycles. The molecule has 19 heteroatoms. The average molecular weight is 1130 g/mol. The van der Waals surface area contributed by atoms with Gasteiger partial charge in [0, 0.05) is 30.3 Å². The number of hydrogen-bond donors (Lipinski definition) is 4. The Kier molecular flexibility index (Phi) is 26.1. The molecular formula is C58H89N2O14PS2. The van der Waals surface area contributed by atoms with Crippen LogP contribution in [0.2, 0.25) is 0 Å². The number of aliphatic carboxylic acids is 1. The summed E-state index contributed by atoms with van der Waals surface area (Å²) < 4.78 is 52.0. The monoisotopic (exact) mass is 1130 g/mol. The van der Waals surface area contributed by atoms with E-state index in [9.17, 15) is 34.4 Å². The highest BCUT2D eigenvalue weighted by molar-refractivity contribution is 8.77. The molecule has 5 rings (SSSR count). The predicted octanol–water partition coefficient (Wildman–Crippen LogP) is 11.5. The molecule has 1 heterocycles. The number of ether oxygens (including phenoxy) is 5. The van der Waals surface area contributed by atoms with Gasteiger partial charge >= 0.3 is 12.1 Å². The Morgan fingerprint density at radius 3 is 1.91 bits per heavy atom. The fourth-order valence-corrected chi connectivity index (χ4v) is 13.5. The van der Waals surface area contributed by atoms with E-state index in [0.29, 0.717) is 66.3 Å². The van der Waals surface area contributed by atoms with Crippen molar-refractivity contribution < 1.29 is 71.6 Å². The number of amides is 1. The number of likely N-dealkylation sites (N-methyl/N-ethyl adjacent to an activating group) is 1. The summed E-state index contributed by atoms with van der Waals surface area (Å²) in [7, 11) is 8.32. The summed E-state index contributed by atoms with van der Waals surface area (Å²) in [5, 5.41) is 38.4. The quantitative estimate of drug-likeness (QED) is 0.0181. The second-order valence-corrected chi connectivity index (χ2v) is 26.6. The number of phosphoric ester groups is 1. The SMILES string of the molecule is COc1ccc([C@@]23Oc4cc(OCCCCNC(=O)OCC(C)(C)SSCCCCCCCCCCCCCCCCCCOP(=O)([O-])OCC[N+](C)(C)C)cc(OC)c4[C@]2(O)[C@H](O)[C@H](C(=O)O)[C@H]3c2ccccc2)cc1. The third-order valence-electron chi connectivity index (χ3n) is 14.3. The standard InChI is InChI=1S/C58H89N2O14PS2/c1-56(2,77-76-40-28-21-19-17-15-13-11-9-8-10-12-14-16-18-20-26-38-72-75(66,67)73-39-36-60(3,4)5)43-71-55(64)59-35-25-27-37-70-47-41-48(69-7)52-49(42-47)74-58(45-31-33-46(68-6)34-32-45)51(44-29-23-22-24-30-44)50(54(62)63)53(61)57(52,58)65/h22-24,29-34,41-42,50-51,53,61,65H,8-21,25-28,35-40,43H2,1-7H3,(H2-,59,62,63,64,66,67)/t50-,51-,53-,57+,58+/m1/s1. The average Bonchev–Trinajstić information content (AvgIpc) is 3.92. The van der Waals surface area contributed by atoms with E-state index in [-0.39, 0.29) is 35.0 Å². The number of benzene rings is 3. The first-order chi connectivity index (χ1) is 36.8. The van der Waals surface area contributed by atoms with Crippen molar-refractivity contribution in [3.05, 3.63) is 83.4 Å². The minimum absolute atomic E-state index is 0.132. The molecule has 0 aromatic heterocycles. The fraction of sp³-hybridized carbons (Fsp3) is 0.655. The maximum Gasteiger partial charge on any atom is 0.407 e. The van der Waals surface area contributed by atoms with Crippen molar-refractivity contribution in [2.45, 2.75) is 157 Å². The number of nitrogens with one attached hydrogen (secondary N) is 1. The Morgan fingerprint density at radius 1 is 0.766 bits per heavy atom. The number of rotatable bonds is 39. The molecule has 0 radical (unpaired) electrons. The van der Waals surface area contributed by atoms with Crippen LogP contribution in [0, 0.1) is 5.92 Å². The highest BCUT2D eigenvalue weighted by Gasteiger charge is 2.78. The van der Waals surface area contributed by atoms with Crippen LogP contribution >= 0.6 is 29.4 Å². The molecule has 77 heavy (non-hydrogen) atoms. The van der Waals surface area contributed by atoms with Gasteiger partial charge in [-0.2, -0.15) is 0 Å². The van der Waals surface area contributed by atoms with Crippen LogP contribution in [0.4, 0.5) is 4.79 Å². The van der Waals surface area contributed by atoms with E-state index in [0.717, 1.165) is 25.0 Å². The number of carboxylic acids is 1. The molecule has 2 aliphatic rings. The number of aliphatic hydroxyl groups excluding tert-OH is 1. The van der Waals surface area contributed by atoms with Gasteiger partial charge in [-0.25, -0.2) is 4.79 Å². The van der Waals surface area contributed by atoms with Gasteiger partial charge in [0.2, 0.25) is 0 Å². The van der Waals surface area contributed by atoms with Crippen LogP contribution in [-0.2, 0) is 34.3 Å². The molecule has 432 valence electrons. The molecule has 16 nitrogen and oxygen atoms in total. The molecular weight excluding hydrogens is 1040 g/mol. The van der Waals surface area contributed by atoms with Gasteiger partial charge in [-0.05, 0) is 62.8 Å². The molecule has 0 bridgehead atoms. The minimum Gasteiger partial charge on any atom is -0.756 e. The number of nitrogens with zero attached hydrogens (tertiary/aromatic N) is 1. The molecule has 0 saturated heterocycles. The van der Waals surface area contributed by atoms with Crippen molar-refractivity contribution in [1.82, 2.24) is 5.32 Å². The number of phosphoric acid groups is 1. The van der Waals surface area contributed by atoms with Crippen molar-refractivity contribution in [2.24, 2.45) is 5.92 Å². The summed E-state index contributed by atoms with van der Waals surface area (Å²) >= 11 is 0. The number of methoxy groups -OCH3 is 2. The summed E-state index contributed by atoms with van der Waals surface area (Å²) in [6.07, 6.45) is 18.3. The third-order valence-corrected chi connectivity index (χ3v) is 18.7. The van der Waals surface area contributed by atoms with E-state index in [2.05, 4.69) is 19.2 Å². The number of alkyl carbamates (subject to hydrolysis) is 1. The lowest BCUT2D eigenvalue weighted by Crippen LogP contribution is -2.52. The zero-order valence-corrected chi connectivity index (χ0v) is 49.3. The van der Waals surface area contributed by atoms with Gasteiger partial charge in [0.15, 0.2) is 11.2 Å². The van der Waals surface area contributed by atoms with Crippen molar-refractivity contribution in [3.8, 4) is 23.0 Å². The van der Waals surface area contributed by atoms with Crippen LogP contribution in [0.25, 0.3) is 0 Å². The van der Waals surface area contributed by atoms with E-state index in [1.165, 1.54) is 97.7 Å². The molecule has 3 aromatic carbocycles. The summed E-state index contributed by atoms with van der Waals surface area (Å²) in [6, 6.07) is 19.0. The zero-order chi connectivity index (χ0) is 56.0. The van der Waals surface area contributed by atoms with E-state index in [1.807, 2.05) is 38.0 Å². The first-order valence-corrected chi connectivity index (χ1v) is 31.6. The van der Waals surface area contributed by atoms with Crippen molar-refractivity contribution >= 4 is 41.5 Å². The molecule has 1 fully saturated rings. The highest BCUT2D eigenvalue weighted by atomic mass is 33.1. The molecule has 0 spiro atoms. The second-order valence-electron chi connectivity index (χ2n) is 22.0. The summed E-state index contributed by atoms with van der Waals surface area (Å²) in [5.74, 6) is -1.39. The molecule has 1 amide bonds. The lowest BCUT2D eigenvalue weighted by molar-refractivity contribution is -0.870. The maximum atomic E-state index is 13.0. The number of carboxylic acid groups (broad SMARTS) is 1. The third kappa shape index (κ3) is 18.9. The Labute approximate surface area is 466 Å².